The summed E-state index contributed by atoms with van der Waals surface area (Å²) in [6.07, 6.45) is 5.01. The van der Waals surface area contributed by atoms with Gasteiger partial charge in [0.1, 0.15) is 18.2 Å². The van der Waals surface area contributed by atoms with Gasteiger partial charge in [-0.1, -0.05) is 26.0 Å². The molecular weight excluding hydrogens is 443 g/mol. The van der Waals surface area contributed by atoms with E-state index >= 15 is 0 Å². The van der Waals surface area contributed by atoms with Crippen LogP contribution in [0, 0.1) is 18.2 Å². The quantitative estimate of drug-likeness (QED) is 0.633. The molecule has 5 rings (SSSR count). The summed E-state index contributed by atoms with van der Waals surface area (Å²) in [4.78, 5) is 44.0. The van der Waals surface area contributed by atoms with Crippen LogP contribution in [-0.4, -0.2) is 39.8 Å². The molecule has 1 saturated heterocycles. The van der Waals surface area contributed by atoms with Crippen LogP contribution < -0.4 is 10.6 Å². The normalized spacial score (nSPS) is 22.9. The molecule has 1 aromatic carbocycles. The third kappa shape index (κ3) is 3.55. The maximum atomic E-state index is 13.7. The Morgan fingerprint density at radius 3 is 2.71 bits per heavy atom. The van der Waals surface area contributed by atoms with E-state index in [1.54, 1.807) is 13.0 Å². The Labute approximate surface area is 194 Å². The van der Waals surface area contributed by atoms with Gasteiger partial charge in [-0.3, -0.25) is 14.9 Å². The average Bonchev–Trinajstić information content (AvgIpc) is 3.47. The molecule has 0 saturated carbocycles. The number of ether oxygens (including phenoxy) is 1. The van der Waals surface area contributed by atoms with E-state index in [-0.39, 0.29) is 25.3 Å². The SMILES string of the molecule is Cc1ncoc1COC1=CC(C)(C)C=C1C1(CN2Cc3ccc(F)cc3C2=O)NC(=O)NC1=O. The van der Waals surface area contributed by atoms with E-state index in [1.807, 2.05) is 26.0 Å². The number of fused-ring (bicyclic) bond motifs is 1. The third-order valence-electron chi connectivity index (χ3n) is 6.27. The first kappa shape index (κ1) is 21.9. The summed E-state index contributed by atoms with van der Waals surface area (Å²) in [5, 5.41) is 5.02. The third-order valence-corrected chi connectivity index (χ3v) is 6.27. The molecule has 9 nitrogen and oxygen atoms in total. The second-order valence-electron chi connectivity index (χ2n) is 9.31. The number of halogens is 1. The molecule has 1 aliphatic carbocycles. The Morgan fingerprint density at radius 1 is 1.24 bits per heavy atom. The number of hydrogen-bond acceptors (Lipinski definition) is 6. The summed E-state index contributed by atoms with van der Waals surface area (Å²) in [5.41, 5.74) is -0.0504. The monoisotopic (exact) mass is 466 g/mol. The van der Waals surface area contributed by atoms with E-state index in [1.165, 1.54) is 23.4 Å². The van der Waals surface area contributed by atoms with Crippen molar-refractivity contribution in [1.82, 2.24) is 20.5 Å². The summed E-state index contributed by atoms with van der Waals surface area (Å²) >= 11 is 0. The van der Waals surface area contributed by atoms with Crippen LogP contribution in [0.15, 0.2) is 52.5 Å². The topological polar surface area (TPSA) is 114 Å². The van der Waals surface area contributed by atoms with Gasteiger partial charge in [0, 0.05) is 23.1 Å². The molecule has 3 heterocycles. The number of carbonyl (C=O) groups excluding carboxylic acids is 3. The molecule has 1 unspecified atom stereocenters. The van der Waals surface area contributed by atoms with E-state index in [0.29, 0.717) is 28.3 Å². The zero-order chi connectivity index (χ0) is 24.3. The molecule has 4 amide bonds. The van der Waals surface area contributed by atoms with Crippen molar-refractivity contribution in [3.8, 4) is 0 Å². The number of hydrogen-bond donors (Lipinski definition) is 2. The van der Waals surface area contributed by atoms with Gasteiger partial charge in [-0.15, -0.1) is 0 Å². The largest absolute Gasteiger partial charge is 0.485 e. The van der Waals surface area contributed by atoms with Gasteiger partial charge in [0.05, 0.1) is 12.2 Å². The molecule has 34 heavy (non-hydrogen) atoms. The maximum absolute atomic E-state index is 13.7. The first-order valence-corrected chi connectivity index (χ1v) is 10.8. The molecule has 2 aliphatic heterocycles. The Morgan fingerprint density at radius 2 is 2.03 bits per heavy atom. The fourth-order valence-electron chi connectivity index (χ4n) is 4.59. The van der Waals surface area contributed by atoms with Crippen molar-refractivity contribution < 1.29 is 27.9 Å². The van der Waals surface area contributed by atoms with Crippen LogP contribution in [0.2, 0.25) is 0 Å². The van der Waals surface area contributed by atoms with Gasteiger partial charge >= 0.3 is 6.03 Å². The molecule has 1 atom stereocenters. The van der Waals surface area contributed by atoms with Crippen LogP contribution >= 0.6 is 0 Å². The number of amides is 4. The van der Waals surface area contributed by atoms with Crippen molar-refractivity contribution in [3.05, 3.63) is 76.5 Å². The maximum Gasteiger partial charge on any atom is 0.322 e. The molecule has 1 fully saturated rings. The predicted molar refractivity (Wildman–Crippen MR) is 117 cm³/mol. The van der Waals surface area contributed by atoms with Gasteiger partial charge < -0.3 is 19.4 Å². The standard InChI is InChI=1S/C24H23FN4O5/c1-13-19(34-12-26-13)10-33-18-8-23(2,3)7-17(18)24(21(31)27-22(32)28-24)11-29-9-14-4-5-15(25)6-16(14)20(29)30/h4-8,12H,9-11H2,1-3H3,(H2,27,28,31,32). The Kier molecular flexibility index (Phi) is 4.85. The number of urea groups is 1. The first-order valence-electron chi connectivity index (χ1n) is 10.8. The number of carbonyl (C=O) groups is 3. The van der Waals surface area contributed by atoms with Gasteiger partial charge in [0.25, 0.3) is 11.8 Å². The molecule has 176 valence electrons. The van der Waals surface area contributed by atoms with Crippen molar-refractivity contribution in [2.75, 3.05) is 6.54 Å². The van der Waals surface area contributed by atoms with Crippen LogP contribution in [0.4, 0.5) is 9.18 Å². The van der Waals surface area contributed by atoms with Crippen LogP contribution in [0.1, 0.15) is 41.2 Å². The number of imide groups is 1. The number of benzene rings is 1. The molecule has 0 bridgehead atoms. The van der Waals surface area contributed by atoms with Gasteiger partial charge in [-0.25, -0.2) is 14.2 Å². The Hall–Kier alpha value is -3.95. The lowest BCUT2D eigenvalue weighted by Crippen LogP contribution is -2.57. The second-order valence-corrected chi connectivity index (χ2v) is 9.31. The van der Waals surface area contributed by atoms with Crippen LogP contribution in [0.5, 0.6) is 0 Å². The lowest BCUT2D eigenvalue weighted by Gasteiger charge is -2.33. The number of aryl methyl sites for hydroxylation is 1. The minimum absolute atomic E-state index is 0.0735. The van der Waals surface area contributed by atoms with Crippen LogP contribution in [0.25, 0.3) is 0 Å². The van der Waals surface area contributed by atoms with Crippen molar-refractivity contribution in [3.63, 3.8) is 0 Å². The first-order chi connectivity index (χ1) is 16.1. The molecule has 0 spiro atoms. The van der Waals surface area contributed by atoms with E-state index < -0.39 is 34.6 Å². The van der Waals surface area contributed by atoms with E-state index in [2.05, 4.69) is 15.6 Å². The van der Waals surface area contributed by atoms with Gasteiger partial charge in [-0.05, 0) is 30.7 Å². The molecule has 0 radical (unpaired) electrons. The molecule has 10 heteroatoms. The lowest BCUT2D eigenvalue weighted by molar-refractivity contribution is -0.123. The van der Waals surface area contributed by atoms with Crippen LogP contribution in [0.3, 0.4) is 0 Å². The number of oxazole rings is 1. The number of allylic oxidation sites excluding steroid dienone is 2. The van der Waals surface area contributed by atoms with Crippen LogP contribution in [-0.2, 0) is 22.7 Å². The van der Waals surface area contributed by atoms with E-state index in [4.69, 9.17) is 9.15 Å². The summed E-state index contributed by atoms with van der Waals surface area (Å²) in [6, 6.07) is 3.35. The molecule has 1 aromatic heterocycles. The lowest BCUT2D eigenvalue weighted by atomic mass is 9.86. The van der Waals surface area contributed by atoms with Gasteiger partial charge in [0.2, 0.25) is 0 Å². The summed E-state index contributed by atoms with van der Waals surface area (Å²) in [5.74, 6) is -0.595. The highest BCUT2D eigenvalue weighted by Gasteiger charge is 2.54. The number of rotatable bonds is 6. The molecule has 2 aromatic rings. The van der Waals surface area contributed by atoms with E-state index in [9.17, 15) is 18.8 Å². The van der Waals surface area contributed by atoms with Gasteiger partial charge in [-0.2, -0.15) is 0 Å². The highest BCUT2D eigenvalue weighted by molar-refractivity contribution is 6.10. The average molecular weight is 466 g/mol. The fourth-order valence-corrected chi connectivity index (χ4v) is 4.59. The van der Waals surface area contributed by atoms with Crippen molar-refractivity contribution in [2.24, 2.45) is 5.41 Å². The van der Waals surface area contributed by atoms with Crippen molar-refractivity contribution >= 4 is 17.8 Å². The fraction of sp³-hybridized carbons (Fsp3) is 0.333. The van der Waals surface area contributed by atoms with Gasteiger partial charge in [0.15, 0.2) is 17.7 Å². The minimum atomic E-state index is -1.58. The molecular formula is C24H23FN4O5. The number of aromatic nitrogens is 1. The molecule has 3 aliphatic rings. The highest BCUT2D eigenvalue weighted by Crippen LogP contribution is 2.42. The van der Waals surface area contributed by atoms with Crippen molar-refractivity contribution in [1.29, 1.82) is 0 Å². The Bertz CT molecular complexity index is 1290. The summed E-state index contributed by atoms with van der Waals surface area (Å²) in [6.45, 7) is 5.77. The smallest absolute Gasteiger partial charge is 0.322 e. The van der Waals surface area contributed by atoms with Crippen molar-refractivity contribution in [2.45, 2.75) is 39.5 Å². The predicted octanol–water partition coefficient (Wildman–Crippen LogP) is 2.72. The molecule has 2 N–H and O–H groups in total. The summed E-state index contributed by atoms with van der Waals surface area (Å²) < 4.78 is 25.1. The minimum Gasteiger partial charge on any atom is -0.485 e. The Balaban J connectivity index is 1.49. The zero-order valence-corrected chi connectivity index (χ0v) is 18.9. The summed E-state index contributed by atoms with van der Waals surface area (Å²) in [7, 11) is 0. The number of nitrogens with zero attached hydrogens (tertiary/aromatic N) is 2. The number of nitrogens with one attached hydrogen (secondary N) is 2. The van der Waals surface area contributed by atoms with E-state index in [0.717, 1.165) is 0 Å². The highest BCUT2D eigenvalue weighted by atomic mass is 19.1. The zero-order valence-electron chi connectivity index (χ0n) is 18.9. The second kappa shape index (κ2) is 7.54.